The predicted molar refractivity (Wildman–Crippen MR) is 76.9 cm³/mol. The fourth-order valence-corrected chi connectivity index (χ4v) is 1.56. The number of amides is 2. The largest absolute Gasteiger partial charge is 0.355 e. The second-order valence-electron chi connectivity index (χ2n) is 4.01. The summed E-state index contributed by atoms with van der Waals surface area (Å²) in [5.41, 5.74) is 1.82. The minimum Gasteiger partial charge on any atom is -0.355 e. The van der Waals surface area contributed by atoms with Gasteiger partial charge in [-0.15, -0.1) is 0 Å². The van der Waals surface area contributed by atoms with Crippen LogP contribution >= 0.6 is 11.6 Å². The number of hydrogen-bond donors (Lipinski definition) is 2. The molecule has 2 amide bonds. The first-order valence-electron chi connectivity index (χ1n) is 6.01. The van der Waals surface area contributed by atoms with Gasteiger partial charge in [0.05, 0.1) is 6.54 Å². The summed E-state index contributed by atoms with van der Waals surface area (Å²) in [6.07, 6.45) is 3.03. The van der Waals surface area contributed by atoms with Gasteiger partial charge in [-0.25, -0.2) is 0 Å². The lowest BCUT2D eigenvalue weighted by molar-refractivity contribution is -0.123. The fraction of sp³-hybridized carbons (Fsp3) is 0.286. The Morgan fingerprint density at radius 2 is 2.05 bits per heavy atom. The van der Waals surface area contributed by atoms with E-state index in [1.54, 1.807) is 12.1 Å². The summed E-state index contributed by atoms with van der Waals surface area (Å²) >= 11 is 5.98. The summed E-state index contributed by atoms with van der Waals surface area (Å²) in [6, 6.07) is 5.54. The van der Waals surface area contributed by atoms with E-state index in [0.717, 1.165) is 11.1 Å². The van der Waals surface area contributed by atoms with Crippen LogP contribution in [0.15, 0.2) is 24.3 Å². The number of likely N-dealkylation sites (N-methyl/N-ethyl adjacent to an activating group) is 1. The highest BCUT2D eigenvalue weighted by Crippen LogP contribution is 2.17. The number of halogens is 1. The molecule has 0 bridgehead atoms. The SMILES string of the molecule is CCNC(=O)CNC(=O)/C=C\c1ccc(C)c(Cl)c1. The van der Waals surface area contributed by atoms with Crippen LogP contribution in [0.4, 0.5) is 0 Å². The standard InChI is InChI=1S/C14H17ClN2O2/c1-3-16-14(19)9-17-13(18)7-6-11-5-4-10(2)12(15)8-11/h4-8H,3,9H2,1-2H3,(H,16,19)(H,17,18)/b7-6-. The lowest BCUT2D eigenvalue weighted by atomic mass is 10.1. The van der Waals surface area contributed by atoms with Gasteiger partial charge in [0.1, 0.15) is 0 Å². The van der Waals surface area contributed by atoms with Crippen molar-refractivity contribution in [2.45, 2.75) is 13.8 Å². The lowest BCUT2D eigenvalue weighted by Crippen LogP contribution is -2.35. The van der Waals surface area contributed by atoms with Crippen molar-refractivity contribution >= 4 is 29.5 Å². The van der Waals surface area contributed by atoms with Gasteiger partial charge in [0.25, 0.3) is 0 Å². The number of hydrogen-bond acceptors (Lipinski definition) is 2. The number of nitrogens with one attached hydrogen (secondary N) is 2. The Bertz CT molecular complexity index is 498. The molecule has 0 aromatic heterocycles. The maximum absolute atomic E-state index is 11.5. The minimum atomic E-state index is -0.317. The van der Waals surface area contributed by atoms with Gasteiger partial charge < -0.3 is 10.6 Å². The highest BCUT2D eigenvalue weighted by atomic mass is 35.5. The van der Waals surface area contributed by atoms with E-state index in [1.165, 1.54) is 6.08 Å². The van der Waals surface area contributed by atoms with Crippen LogP contribution in [-0.2, 0) is 9.59 Å². The van der Waals surface area contributed by atoms with Gasteiger partial charge in [0, 0.05) is 17.6 Å². The number of carbonyl (C=O) groups excluding carboxylic acids is 2. The van der Waals surface area contributed by atoms with Crippen molar-refractivity contribution in [1.82, 2.24) is 10.6 Å². The van der Waals surface area contributed by atoms with Crippen molar-refractivity contribution in [2.24, 2.45) is 0 Å². The van der Waals surface area contributed by atoms with Gasteiger partial charge in [0.15, 0.2) is 0 Å². The third-order valence-corrected chi connectivity index (χ3v) is 2.83. The summed E-state index contributed by atoms with van der Waals surface area (Å²) in [4.78, 5) is 22.6. The summed E-state index contributed by atoms with van der Waals surface area (Å²) < 4.78 is 0. The smallest absolute Gasteiger partial charge is 0.244 e. The number of rotatable bonds is 5. The Hall–Kier alpha value is -1.81. The zero-order chi connectivity index (χ0) is 14.3. The molecule has 1 rings (SSSR count). The van der Waals surface area contributed by atoms with Crippen LogP contribution in [-0.4, -0.2) is 24.9 Å². The predicted octanol–water partition coefficient (Wildman–Crippen LogP) is 1.91. The zero-order valence-corrected chi connectivity index (χ0v) is 11.8. The van der Waals surface area contributed by atoms with Crippen molar-refractivity contribution in [1.29, 1.82) is 0 Å². The molecule has 0 spiro atoms. The Labute approximate surface area is 117 Å². The molecule has 1 aromatic carbocycles. The van der Waals surface area contributed by atoms with Crippen molar-refractivity contribution in [3.05, 3.63) is 40.4 Å². The summed E-state index contributed by atoms with van der Waals surface area (Å²) in [5.74, 6) is -0.523. The van der Waals surface area contributed by atoms with E-state index >= 15 is 0 Å². The molecular formula is C14H17ClN2O2. The van der Waals surface area contributed by atoms with Crippen LogP contribution in [0.1, 0.15) is 18.1 Å². The third kappa shape index (κ3) is 5.57. The van der Waals surface area contributed by atoms with Crippen LogP contribution in [0.3, 0.4) is 0 Å². The summed E-state index contributed by atoms with van der Waals surface area (Å²) in [6.45, 7) is 4.26. The van der Waals surface area contributed by atoms with Crippen LogP contribution in [0.2, 0.25) is 5.02 Å². The van der Waals surface area contributed by atoms with Gasteiger partial charge >= 0.3 is 0 Å². The van der Waals surface area contributed by atoms with Crippen molar-refractivity contribution in [2.75, 3.05) is 13.1 Å². The van der Waals surface area contributed by atoms with Crippen molar-refractivity contribution < 1.29 is 9.59 Å². The number of benzene rings is 1. The Balaban J connectivity index is 2.49. The van der Waals surface area contributed by atoms with Crippen molar-refractivity contribution in [3.8, 4) is 0 Å². The average Bonchev–Trinajstić information content (AvgIpc) is 2.38. The second kappa shape index (κ2) is 7.59. The van der Waals surface area contributed by atoms with E-state index in [9.17, 15) is 9.59 Å². The maximum Gasteiger partial charge on any atom is 0.244 e. The molecule has 0 fully saturated rings. The molecule has 19 heavy (non-hydrogen) atoms. The first-order chi connectivity index (χ1) is 9.02. The van der Waals surface area contributed by atoms with E-state index in [2.05, 4.69) is 10.6 Å². The molecular weight excluding hydrogens is 264 g/mol. The molecule has 0 unspecified atom stereocenters. The summed E-state index contributed by atoms with van der Waals surface area (Å²) in [5, 5.41) is 5.74. The fourth-order valence-electron chi connectivity index (χ4n) is 1.37. The number of aryl methyl sites for hydroxylation is 1. The van der Waals surface area contributed by atoms with Crippen LogP contribution in [0.5, 0.6) is 0 Å². The first-order valence-corrected chi connectivity index (χ1v) is 6.39. The minimum absolute atomic E-state index is 0.0222. The molecule has 102 valence electrons. The quantitative estimate of drug-likeness (QED) is 0.810. The Kier molecular flexibility index (Phi) is 6.09. The van der Waals surface area contributed by atoms with Crippen LogP contribution in [0, 0.1) is 6.92 Å². The highest BCUT2D eigenvalue weighted by molar-refractivity contribution is 6.31. The van der Waals surface area contributed by atoms with Gasteiger partial charge in [-0.1, -0.05) is 23.7 Å². The molecule has 5 heteroatoms. The second-order valence-corrected chi connectivity index (χ2v) is 4.42. The van der Waals surface area contributed by atoms with Crippen LogP contribution in [0.25, 0.3) is 6.08 Å². The molecule has 0 saturated heterocycles. The summed E-state index contributed by atoms with van der Waals surface area (Å²) in [7, 11) is 0. The molecule has 0 atom stereocenters. The molecule has 2 N–H and O–H groups in total. The van der Waals surface area contributed by atoms with Gasteiger partial charge in [-0.2, -0.15) is 0 Å². The first kappa shape index (κ1) is 15.2. The van der Waals surface area contributed by atoms with Gasteiger partial charge in [-0.05, 0) is 37.1 Å². The van der Waals surface area contributed by atoms with E-state index in [4.69, 9.17) is 11.6 Å². The van der Waals surface area contributed by atoms with E-state index in [-0.39, 0.29) is 18.4 Å². The van der Waals surface area contributed by atoms with Gasteiger partial charge in [-0.3, -0.25) is 9.59 Å². The van der Waals surface area contributed by atoms with Crippen molar-refractivity contribution in [3.63, 3.8) is 0 Å². The molecule has 4 nitrogen and oxygen atoms in total. The van der Waals surface area contributed by atoms with Gasteiger partial charge in [0.2, 0.25) is 11.8 Å². The van der Waals surface area contributed by atoms with E-state index in [1.807, 2.05) is 26.0 Å². The molecule has 0 aliphatic heterocycles. The number of carbonyl (C=O) groups is 2. The molecule has 0 heterocycles. The molecule has 0 saturated carbocycles. The third-order valence-electron chi connectivity index (χ3n) is 2.42. The monoisotopic (exact) mass is 280 g/mol. The van der Waals surface area contributed by atoms with E-state index < -0.39 is 0 Å². The molecule has 0 aliphatic rings. The topological polar surface area (TPSA) is 58.2 Å². The molecule has 1 aromatic rings. The Morgan fingerprint density at radius 3 is 2.68 bits per heavy atom. The Morgan fingerprint density at radius 1 is 1.32 bits per heavy atom. The zero-order valence-electron chi connectivity index (χ0n) is 11.0. The molecule has 0 aliphatic carbocycles. The lowest BCUT2D eigenvalue weighted by Gasteiger charge is -2.02. The average molecular weight is 281 g/mol. The maximum atomic E-state index is 11.5. The van der Waals surface area contributed by atoms with E-state index in [0.29, 0.717) is 11.6 Å². The van der Waals surface area contributed by atoms with Crippen LogP contribution < -0.4 is 10.6 Å². The highest BCUT2D eigenvalue weighted by Gasteiger charge is 2.01. The molecule has 0 radical (unpaired) electrons. The normalized spacial score (nSPS) is 10.5.